The molecule has 6 nitrogen and oxygen atoms in total. The van der Waals surface area contributed by atoms with Gasteiger partial charge in [-0.25, -0.2) is 0 Å². The van der Waals surface area contributed by atoms with Crippen LogP contribution in [0.3, 0.4) is 0 Å². The van der Waals surface area contributed by atoms with Crippen molar-refractivity contribution in [3.8, 4) is 11.8 Å². The van der Waals surface area contributed by atoms with E-state index in [1.807, 2.05) is 48.7 Å². The molecule has 1 saturated heterocycles. The molecule has 1 aliphatic rings. The van der Waals surface area contributed by atoms with Crippen LogP contribution >= 0.6 is 0 Å². The number of nitrogens with zero attached hydrogens (tertiary/aromatic N) is 2. The lowest BCUT2D eigenvalue weighted by Crippen LogP contribution is -2.32. The first kappa shape index (κ1) is 22.6. The Bertz CT molecular complexity index is 1210. The number of benzene rings is 2. The van der Waals surface area contributed by atoms with E-state index in [1.54, 1.807) is 6.08 Å². The van der Waals surface area contributed by atoms with Crippen molar-refractivity contribution in [3.05, 3.63) is 70.9 Å². The molecular weight excluding hydrogens is 414 g/mol. The molecule has 0 bridgehead atoms. The third-order valence-corrected chi connectivity index (χ3v) is 6.08. The van der Waals surface area contributed by atoms with Gasteiger partial charge in [-0.15, -0.1) is 0 Å². The molecule has 6 heteroatoms. The monoisotopic (exact) mass is 443 g/mol. The van der Waals surface area contributed by atoms with Gasteiger partial charge >= 0.3 is 0 Å². The number of para-hydroxylation sites is 1. The van der Waals surface area contributed by atoms with Gasteiger partial charge in [0.05, 0.1) is 12.6 Å². The molecule has 1 N–H and O–H groups in total. The standard InChI is InChI=1S/C27H29N3O3/c1-19-9-10-23(14-20(19)2)33-13-11-30-18-22(25-7-3-4-8-26(25)30)15-21(16-28)27(31)29-17-24-6-5-12-32-24/h3-4,7-10,14-15,18,24H,5-6,11-13,17H2,1-2H3,(H,29,31)/b21-15+/t24-/m0/s1. The Labute approximate surface area is 194 Å². The summed E-state index contributed by atoms with van der Waals surface area (Å²) >= 11 is 0. The number of aromatic nitrogens is 1. The maximum Gasteiger partial charge on any atom is 0.262 e. The Morgan fingerprint density at radius 1 is 1.27 bits per heavy atom. The highest BCUT2D eigenvalue weighted by Gasteiger charge is 2.18. The summed E-state index contributed by atoms with van der Waals surface area (Å²) in [5.74, 6) is 0.479. The number of carbonyl (C=O) groups is 1. The minimum atomic E-state index is -0.372. The van der Waals surface area contributed by atoms with Gasteiger partial charge < -0.3 is 19.4 Å². The van der Waals surface area contributed by atoms with E-state index in [-0.39, 0.29) is 17.6 Å². The molecule has 4 rings (SSSR count). The summed E-state index contributed by atoms with van der Waals surface area (Å²) in [6.45, 7) is 6.47. The van der Waals surface area contributed by atoms with Crippen LogP contribution in [-0.4, -0.2) is 36.3 Å². The number of rotatable bonds is 8. The lowest BCUT2D eigenvalue weighted by molar-refractivity contribution is -0.117. The SMILES string of the molecule is Cc1ccc(OCCn2cc(/C=C(\C#N)C(=O)NC[C@@H]3CCCO3)c3ccccc32)cc1C. The highest BCUT2D eigenvalue weighted by molar-refractivity contribution is 6.04. The van der Waals surface area contributed by atoms with Gasteiger partial charge in [-0.3, -0.25) is 4.79 Å². The minimum absolute atomic E-state index is 0.0353. The number of amides is 1. The molecule has 1 fully saturated rings. The second-order valence-corrected chi connectivity index (χ2v) is 8.40. The number of aryl methyl sites for hydroxylation is 2. The molecule has 0 spiro atoms. The summed E-state index contributed by atoms with van der Waals surface area (Å²) in [6, 6.07) is 16.1. The van der Waals surface area contributed by atoms with E-state index in [0.717, 1.165) is 41.7 Å². The van der Waals surface area contributed by atoms with Crippen LogP contribution in [0.1, 0.15) is 29.5 Å². The highest BCUT2D eigenvalue weighted by atomic mass is 16.5. The average molecular weight is 444 g/mol. The van der Waals surface area contributed by atoms with Crippen LogP contribution in [0.4, 0.5) is 0 Å². The number of nitriles is 1. The van der Waals surface area contributed by atoms with Crippen LogP contribution in [0.15, 0.2) is 54.2 Å². The van der Waals surface area contributed by atoms with E-state index in [1.165, 1.54) is 11.1 Å². The van der Waals surface area contributed by atoms with Crippen LogP contribution in [0.5, 0.6) is 5.75 Å². The van der Waals surface area contributed by atoms with E-state index >= 15 is 0 Å². The third-order valence-electron chi connectivity index (χ3n) is 6.08. The van der Waals surface area contributed by atoms with Gasteiger partial charge in [0.1, 0.15) is 24.0 Å². The fourth-order valence-corrected chi connectivity index (χ4v) is 4.05. The molecule has 1 aliphatic heterocycles. The number of hydrogen-bond acceptors (Lipinski definition) is 4. The summed E-state index contributed by atoms with van der Waals surface area (Å²) in [4.78, 5) is 12.6. The first-order valence-corrected chi connectivity index (χ1v) is 11.3. The second kappa shape index (κ2) is 10.4. The molecule has 1 aromatic heterocycles. The zero-order valence-corrected chi connectivity index (χ0v) is 19.1. The van der Waals surface area contributed by atoms with E-state index in [4.69, 9.17) is 9.47 Å². The molecule has 3 aromatic rings. The molecule has 0 saturated carbocycles. The van der Waals surface area contributed by atoms with Crippen molar-refractivity contribution in [1.29, 1.82) is 5.26 Å². The molecule has 1 atom stereocenters. The first-order valence-electron chi connectivity index (χ1n) is 11.3. The Hall–Kier alpha value is -3.56. The van der Waals surface area contributed by atoms with Gasteiger partial charge in [0, 0.05) is 35.8 Å². The topological polar surface area (TPSA) is 76.3 Å². The summed E-state index contributed by atoms with van der Waals surface area (Å²) < 4.78 is 13.6. The van der Waals surface area contributed by atoms with Gasteiger partial charge in [0.2, 0.25) is 0 Å². The molecule has 0 unspecified atom stereocenters. The molecule has 2 heterocycles. The number of nitrogens with one attached hydrogen (secondary N) is 1. The van der Waals surface area contributed by atoms with Crippen LogP contribution in [0.25, 0.3) is 17.0 Å². The predicted molar refractivity (Wildman–Crippen MR) is 129 cm³/mol. The lowest BCUT2D eigenvalue weighted by atomic mass is 10.1. The van der Waals surface area contributed by atoms with Crippen LogP contribution in [0, 0.1) is 25.2 Å². The maximum atomic E-state index is 12.6. The fourth-order valence-electron chi connectivity index (χ4n) is 4.05. The summed E-state index contributed by atoms with van der Waals surface area (Å²) in [7, 11) is 0. The quantitative estimate of drug-likeness (QED) is 0.410. The summed E-state index contributed by atoms with van der Waals surface area (Å²) in [5.41, 5.74) is 4.39. The molecule has 0 radical (unpaired) electrons. The Morgan fingerprint density at radius 2 is 2.12 bits per heavy atom. The van der Waals surface area contributed by atoms with Gasteiger partial charge in [-0.1, -0.05) is 24.3 Å². The fraction of sp³-hybridized carbons (Fsp3) is 0.333. The number of carbonyl (C=O) groups excluding carboxylic acids is 1. The van der Waals surface area contributed by atoms with Crippen molar-refractivity contribution in [2.45, 2.75) is 39.3 Å². The molecule has 0 aliphatic carbocycles. The molecular formula is C27H29N3O3. The molecule has 170 valence electrons. The number of fused-ring (bicyclic) bond motifs is 1. The summed E-state index contributed by atoms with van der Waals surface area (Å²) in [5, 5.41) is 13.4. The number of ether oxygens (including phenoxy) is 2. The third kappa shape index (κ3) is 5.44. The van der Waals surface area contributed by atoms with Crippen LogP contribution < -0.4 is 10.1 Å². The summed E-state index contributed by atoms with van der Waals surface area (Å²) in [6.07, 6.45) is 5.61. The van der Waals surface area contributed by atoms with Crippen molar-refractivity contribution >= 4 is 22.9 Å². The Morgan fingerprint density at radius 3 is 2.88 bits per heavy atom. The van der Waals surface area contributed by atoms with E-state index in [9.17, 15) is 10.1 Å². The molecule has 1 amide bonds. The lowest BCUT2D eigenvalue weighted by Gasteiger charge is -2.10. The van der Waals surface area contributed by atoms with Crippen molar-refractivity contribution < 1.29 is 14.3 Å². The molecule has 33 heavy (non-hydrogen) atoms. The predicted octanol–water partition coefficient (Wildman–Crippen LogP) is 4.54. The Balaban J connectivity index is 1.48. The zero-order valence-electron chi connectivity index (χ0n) is 19.1. The van der Waals surface area contributed by atoms with E-state index in [0.29, 0.717) is 19.7 Å². The Kier molecular flexibility index (Phi) is 7.11. The second-order valence-electron chi connectivity index (χ2n) is 8.40. The van der Waals surface area contributed by atoms with Gasteiger partial charge in [0.15, 0.2) is 0 Å². The van der Waals surface area contributed by atoms with Crippen molar-refractivity contribution in [2.75, 3.05) is 19.8 Å². The maximum absolute atomic E-state index is 12.6. The average Bonchev–Trinajstić information content (AvgIpc) is 3.47. The number of hydrogen-bond donors (Lipinski definition) is 1. The van der Waals surface area contributed by atoms with E-state index in [2.05, 4.69) is 29.8 Å². The van der Waals surface area contributed by atoms with Crippen LogP contribution in [-0.2, 0) is 16.1 Å². The normalized spacial score (nSPS) is 16.0. The smallest absolute Gasteiger partial charge is 0.262 e. The van der Waals surface area contributed by atoms with Gasteiger partial charge in [-0.2, -0.15) is 5.26 Å². The van der Waals surface area contributed by atoms with Gasteiger partial charge in [-0.05, 0) is 62.1 Å². The van der Waals surface area contributed by atoms with Crippen molar-refractivity contribution in [3.63, 3.8) is 0 Å². The van der Waals surface area contributed by atoms with Crippen LogP contribution in [0.2, 0.25) is 0 Å². The minimum Gasteiger partial charge on any atom is -0.492 e. The largest absolute Gasteiger partial charge is 0.492 e. The van der Waals surface area contributed by atoms with Gasteiger partial charge in [0.25, 0.3) is 5.91 Å². The molecule has 2 aromatic carbocycles. The first-order chi connectivity index (χ1) is 16.0. The van der Waals surface area contributed by atoms with Crippen molar-refractivity contribution in [1.82, 2.24) is 9.88 Å². The highest BCUT2D eigenvalue weighted by Crippen LogP contribution is 2.24. The van der Waals surface area contributed by atoms with Crippen molar-refractivity contribution in [2.24, 2.45) is 0 Å². The van der Waals surface area contributed by atoms with E-state index < -0.39 is 0 Å². The zero-order chi connectivity index (χ0) is 23.2.